The van der Waals surface area contributed by atoms with E-state index < -0.39 is 6.10 Å². The van der Waals surface area contributed by atoms with Gasteiger partial charge in [0.2, 0.25) is 0 Å². The molecule has 0 bridgehead atoms. The molecule has 108 valence electrons. The molecule has 0 spiro atoms. The van der Waals surface area contributed by atoms with Crippen molar-refractivity contribution in [3.8, 4) is 0 Å². The standard InChI is InChI=1S/C14H20N4O2/c15-12-4-2-1-3-11(12)13(19)9-17-5-6-18-10(8-17)7-16-14(18)20/h1-4,10,13,19H,5-9,15H2,(H,16,20). The molecule has 2 amide bonds. The first-order chi connectivity index (χ1) is 9.65. The van der Waals surface area contributed by atoms with Crippen LogP contribution < -0.4 is 11.1 Å². The second-order valence-electron chi connectivity index (χ2n) is 5.44. The van der Waals surface area contributed by atoms with Gasteiger partial charge in [0, 0.05) is 44.0 Å². The van der Waals surface area contributed by atoms with E-state index in [-0.39, 0.29) is 12.1 Å². The first-order valence-corrected chi connectivity index (χ1v) is 6.94. The summed E-state index contributed by atoms with van der Waals surface area (Å²) < 4.78 is 0. The second kappa shape index (κ2) is 5.30. The van der Waals surface area contributed by atoms with Crippen LogP contribution in [0.3, 0.4) is 0 Å². The number of fused-ring (bicyclic) bond motifs is 1. The van der Waals surface area contributed by atoms with Gasteiger partial charge in [0.25, 0.3) is 0 Å². The van der Waals surface area contributed by atoms with E-state index in [0.717, 1.165) is 18.7 Å². The van der Waals surface area contributed by atoms with Gasteiger partial charge in [-0.15, -0.1) is 0 Å². The summed E-state index contributed by atoms with van der Waals surface area (Å²) in [7, 11) is 0. The van der Waals surface area contributed by atoms with Crippen molar-refractivity contribution in [3.05, 3.63) is 29.8 Å². The Morgan fingerprint density at radius 2 is 2.20 bits per heavy atom. The molecule has 4 N–H and O–H groups in total. The number of β-amino-alcohol motifs (C(OH)–C–C–N with tert-alkyl or cyclic N) is 1. The molecule has 2 fully saturated rings. The molecule has 2 atom stereocenters. The Morgan fingerprint density at radius 1 is 1.40 bits per heavy atom. The van der Waals surface area contributed by atoms with E-state index in [0.29, 0.717) is 25.3 Å². The van der Waals surface area contributed by atoms with E-state index >= 15 is 0 Å². The lowest BCUT2D eigenvalue weighted by Crippen LogP contribution is -2.52. The Morgan fingerprint density at radius 3 is 3.00 bits per heavy atom. The number of nitrogen functional groups attached to an aromatic ring is 1. The summed E-state index contributed by atoms with van der Waals surface area (Å²) in [4.78, 5) is 15.6. The minimum atomic E-state index is -0.590. The van der Waals surface area contributed by atoms with E-state index in [1.54, 1.807) is 6.07 Å². The largest absolute Gasteiger partial charge is 0.398 e. The molecule has 1 aromatic rings. The van der Waals surface area contributed by atoms with Gasteiger partial charge in [-0.2, -0.15) is 0 Å². The number of hydrogen-bond donors (Lipinski definition) is 3. The third kappa shape index (κ3) is 2.44. The molecule has 2 aliphatic rings. The van der Waals surface area contributed by atoms with Gasteiger partial charge in [0.15, 0.2) is 0 Å². The molecule has 1 aromatic carbocycles. The molecule has 0 aliphatic carbocycles. The number of anilines is 1. The second-order valence-corrected chi connectivity index (χ2v) is 5.44. The van der Waals surface area contributed by atoms with Crippen LogP contribution in [-0.4, -0.2) is 59.7 Å². The molecular weight excluding hydrogens is 256 g/mol. The number of rotatable bonds is 3. The maximum Gasteiger partial charge on any atom is 0.317 e. The first-order valence-electron chi connectivity index (χ1n) is 6.94. The Hall–Kier alpha value is -1.79. The Kier molecular flexibility index (Phi) is 3.50. The van der Waals surface area contributed by atoms with Gasteiger partial charge < -0.3 is 21.1 Å². The molecule has 20 heavy (non-hydrogen) atoms. The van der Waals surface area contributed by atoms with Gasteiger partial charge in [0.1, 0.15) is 0 Å². The van der Waals surface area contributed by atoms with Crippen LogP contribution in [0.25, 0.3) is 0 Å². The zero-order valence-electron chi connectivity index (χ0n) is 11.3. The minimum absolute atomic E-state index is 0.0301. The van der Waals surface area contributed by atoms with E-state index in [1.165, 1.54) is 0 Å². The monoisotopic (exact) mass is 276 g/mol. The normalized spacial score (nSPS) is 24.4. The highest BCUT2D eigenvalue weighted by molar-refractivity contribution is 5.77. The molecule has 0 saturated carbocycles. The molecule has 2 saturated heterocycles. The van der Waals surface area contributed by atoms with Crippen molar-refractivity contribution < 1.29 is 9.90 Å². The van der Waals surface area contributed by atoms with E-state index in [9.17, 15) is 9.90 Å². The summed E-state index contributed by atoms with van der Waals surface area (Å²) in [5.74, 6) is 0. The molecule has 2 heterocycles. The highest BCUT2D eigenvalue weighted by Crippen LogP contribution is 2.22. The average Bonchev–Trinajstić information content (AvgIpc) is 2.80. The van der Waals surface area contributed by atoms with E-state index in [2.05, 4.69) is 10.2 Å². The third-order valence-corrected chi connectivity index (χ3v) is 4.10. The Balaban J connectivity index is 1.62. The number of nitrogens with one attached hydrogen (secondary N) is 1. The molecular formula is C14H20N4O2. The maximum absolute atomic E-state index is 11.5. The lowest BCUT2D eigenvalue weighted by Gasteiger charge is -2.37. The number of carbonyl (C=O) groups excluding carboxylic acids is 1. The van der Waals surface area contributed by atoms with Gasteiger partial charge >= 0.3 is 6.03 Å². The summed E-state index contributed by atoms with van der Waals surface area (Å²) in [6, 6.07) is 7.65. The lowest BCUT2D eigenvalue weighted by molar-refractivity contribution is 0.0683. The quantitative estimate of drug-likeness (QED) is 0.679. The fraction of sp³-hybridized carbons (Fsp3) is 0.500. The predicted octanol–water partition coefficient (Wildman–Crippen LogP) is 0.0116. The number of aliphatic hydroxyl groups excluding tert-OH is 1. The fourth-order valence-electron chi connectivity index (χ4n) is 2.99. The summed E-state index contributed by atoms with van der Waals surface area (Å²) >= 11 is 0. The zero-order valence-corrected chi connectivity index (χ0v) is 11.3. The van der Waals surface area contributed by atoms with Crippen LogP contribution in [0.1, 0.15) is 11.7 Å². The van der Waals surface area contributed by atoms with E-state index in [4.69, 9.17) is 5.73 Å². The SMILES string of the molecule is Nc1ccccc1C(O)CN1CCN2C(=O)NCC2C1. The lowest BCUT2D eigenvalue weighted by atomic mass is 10.1. The number of carbonyl (C=O) groups is 1. The molecule has 0 radical (unpaired) electrons. The number of nitrogens with two attached hydrogens (primary N) is 1. The van der Waals surface area contributed by atoms with Crippen molar-refractivity contribution in [2.75, 3.05) is 38.5 Å². The van der Waals surface area contributed by atoms with Crippen LogP contribution in [0.4, 0.5) is 10.5 Å². The van der Waals surface area contributed by atoms with E-state index in [1.807, 2.05) is 23.1 Å². The van der Waals surface area contributed by atoms with Crippen molar-refractivity contribution in [2.45, 2.75) is 12.1 Å². The van der Waals surface area contributed by atoms with Crippen molar-refractivity contribution in [1.82, 2.24) is 15.1 Å². The Labute approximate surface area is 118 Å². The van der Waals surface area contributed by atoms with Crippen LogP contribution in [0, 0.1) is 0 Å². The number of hydrogen-bond acceptors (Lipinski definition) is 4. The molecule has 2 aliphatic heterocycles. The van der Waals surface area contributed by atoms with Crippen LogP contribution in [0.15, 0.2) is 24.3 Å². The van der Waals surface area contributed by atoms with Crippen molar-refractivity contribution in [3.63, 3.8) is 0 Å². The van der Waals surface area contributed by atoms with Crippen LogP contribution in [-0.2, 0) is 0 Å². The number of aliphatic hydroxyl groups is 1. The number of benzene rings is 1. The summed E-state index contributed by atoms with van der Waals surface area (Å²) in [5, 5.41) is 13.2. The molecule has 6 nitrogen and oxygen atoms in total. The number of nitrogens with zero attached hydrogens (tertiary/aromatic N) is 2. The van der Waals surface area contributed by atoms with Gasteiger partial charge in [-0.05, 0) is 6.07 Å². The zero-order chi connectivity index (χ0) is 14.1. The van der Waals surface area contributed by atoms with Crippen LogP contribution in [0.2, 0.25) is 0 Å². The van der Waals surface area contributed by atoms with Gasteiger partial charge in [-0.25, -0.2) is 4.79 Å². The van der Waals surface area contributed by atoms with Crippen LogP contribution in [0.5, 0.6) is 0 Å². The number of amides is 2. The first kappa shape index (κ1) is 13.2. The highest BCUT2D eigenvalue weighted by Gasteiger charge is 2.35. The number of para-hydroxylation sites is 1. The maximum atomic E-state index is 11.5. The van der Waals surface area contributed by atoms with Crippen LogP contribution >= 0.6 is 0 Å². The summed E-state index contributed by atoms with van der Waals surface area (Å²) in [6.07, 6.45) is -0.590. The smallest absolute Gasteiger partial charge is 0.317 e. The van der Waals surface area contributed by atoms with Crippen molar-refractivity contribution in [1.29, 1.82) is 0 Å². The van der Waals surface area contributed by atoms with Gasteiger partial charge in [0.05, 0.1) is 12.1 Å². The van der Waals surface area contributed by atoms with Crippen molar-refractivity contribution in [2.24, 2.45) is 0 Å². The van der Waals surface area contributed by atoms with Crippen molar-refractivity contribution >= 4 is 11.7 Å². The van der Waals surface area contributed by atoms with Gasteiger partial charge in [-0.1, -0.05) is 18.2 Å². The minimum Gasteiger partial charge on any atom is -0.398 e. The Bertz CT molecular complexity index is 508. The number of piperazine rings is 1. The molecule has 0 aromatic heterocycles. The highest BCUT2D eigenvalue weighted by atomic mass is 16.3. The van der Waals surface area contributed by atoms with Gasteiger partial charge in [-0.3, -0.25) is 4.90 Å². The summed E-state index contributed by atoms with van der Waals surface area (Å²) in [5.41, 5.74) is 7.28. The molecule has 6 heteroatoms. The predicted molar refractivity (Wildman–Crippen MR) is 76.1 cm³/mol. The topological polar surface area (TPSA) is 81.8 Å². The third-order valence-electron chi connectivity index (χ3n) is 4.10. The average molecular weight is 276 g/mol. The summed E-state index contributed by atoms with van der Waals surface area (Å²) in [6.45, 7) is 3.54. The number of urea groups is 1. The molecule has 2 unspecified atom stereocenters. The fourth-order valence-corrected chi connectivity index (χ4v) is 2.99. The molecule has 3 rings (SSSR count).